The molecule has 0 atom stereocenters. The zero-order valence-electron chi connectivity index (χ0n) is 17.2. The van der Waals surface area contributed by atoms with Crippen molar-refractivity contribution < 1.29 is 13.2 Å². The first-order chi connectivity index (χ1) is 13.9. The summed E-state index contributed by atoms with van der Waals surface area (Å²) in [5.41, 5.74) is 1.24. The summed E-state index contributed by atoms with van der Waals surface area (Å²) >= 11 is 1.61. The van der Waals surface area contributed by atoms with Gasteiger partial charge in [-0.2, -0.15) is 4.31 Å². The topological polar surface area (TPSA) is 49.9 Å². The predicted octanol–water partition coefficient (Wildman–Crippen LogP) is 3.99. The van der Waals surface area contributed by atoms with Gasteiger partial charge in [-0.25, -0.2) is 8.42 Å². The highest BCUT2D eigenvalue weighted by atomic mass is 32.2. The second kappa shape index (κ2) is 8.76. The van der Waals surface area contributed by atoms with Gasteiger partial charge in [0.15, 0.2) is 5.06 Å². The maximum absolute atomic E-state index is 12.9. The Labute approximate surface area is 178 Å². The largest absolute Gasteiger partial charge is 0.481 e. The third kappa shape index (κ3) is 4.85. The minimum Gasteiger partial charge on any atom is -0.481 e. The Morgan fingerprint density at radius 1 is 1.14 bits per heavy atom. The number of nitrogens with zero attached hydrogens (tertiary/aromatic N) is 2. The fourth-order valence-corrected chi connectivity index (χ4v) is 6.82. The molecule has 1 aromatic heterocycles. The fraction of sp³-hybridized carbons (Fsp3) is 0.545. The van der Waals surface area contributed by atoms with Gasteiger partial charge in [-0.1, -0.05) is 32.0 Å². The van der Waals surface area contributed by atoms with Gasteiger partial charge in [0.25, 0.3) is 0 Å². The molecule has 1 aromatic carbocycles. The lowest BCUT2D eigenvalue weighted by atomic mass is 10.1. The summed E-state index contributed by atoms with van der Waals surface area (Å²) in [6, 6.07) is 10.8. The predicted molar refractivity (Wildman–Crippen MR) is 117 cm³/mol. The number of thiophene rings is 1. The molecule has 2 aliphatic rings. The van der Waals surface area contributed by atoms with E-state index in [0.29, 0.717) is 23.9 Å². The fourth-order valence-electron chi connectivity index (χ4n) is 4.16. The molecule has 1 saturated heterocycles. The van der Waals surface area contributed by atoms with Crippen molar-refractivity contribution in [3.05, 3.63) is 46.8 Å². The highest BCUT2D eigenvalue weighted by Gasteiger charge is 2.30. The van der Waals surface area contributed by atoms with Gasteiger partial charge < -0.3 is 9.64 Å². The third-order valence-electron chi connectivity index (χ3n) is 5.65. The monoisotopic (exact) mass is 434 g/mol. The molecule has 0 amide bonds. The Morgan fingerprint density at radius 2 is 1.86 bits per heavy atom. The second-order valence-corrected chi connectivity index (χ2v) is 11.5. The van der Waals surface area contributed by atoms with E-state index in [1.165, 1.54) is 5.56 Å². The molecule has 0 radical (unpaired) electrons. The zero-order valence-corrected chi connectivity index (χ0v) is 18.8. The highest BCUT2D eigenvalue weighted by Crippen LogP contribution is 2.36. The summed E-state index contributed by atoms with van der Waals surface area (Å²) in [6.07, 6.45) is 3.13. The second-order valence-electron chi connectivity index (χ2n) is 8.43. The molecule has 0 spiro atoms. The van der Waals surface area contributed by atoms with Crippen LogP contribution in [0.3, 0.4) is 0 Å². The van der Waals surface area contributed by atoms with Gasteiger partial charge >= 0.3 is 0 Å². The van der Waals surface area contributed by atoms with E-state index in [1.807, 2.05) is 6.07 Å². The van der Waals surface area contributed by atoms with Crippen LogP contribution in [-0.4, -0.2) is 49.9 Å². The number of rotatable bonds is 6. The van der Waals surface area contributed by atoms with E-state index in [2.05, 4.69) is 24.8 Å². The van der Waals surface area contributed by atoms with Crippen molar-refractivity contribution in [3.8, 4) is 5.06 Å². The van der Waals surface area contributed by atoms with Gasteiger partial charge in [-0.15, -0.1) is 11.3 Å². The van der Waals surface area contributed by atoms with Crippen LogP contribution in [0.25, 0.3) is 0 Å². The SMILES string of the molecule is CC(C)CN1CCC(Oc2cc3c(s2)CN(S(=O)(=O)c2ccccc2)CC3)CC1. The molecule has 158 valence electrons. The van der Waals surface area contributed by atoms with Crippen LogP contribution in [-0.2, 0) is 23.0 Å². The molecule has 0 aliphatic carbocycles. The first kappa shape index (κ1) is 20.8. The molecule has 0 saturated carbocycles. The van der Waals surface area contributed by atoms with Crippen LogP contribution in [0.4, 0.5) is 0 Å². The molecule has 0 bridgehead atoms. The van der Waals surface area contributed by atoms with Crippen molar-refractivity contribution in [2.45, 2.75) is 50.7 Å². The molecular formula is C22H30N2O3S2. The molecule has 4 rings (SSSR count). The van der Waals surface area contributed by atoms with Crippen molar-refractivity contribution in [2.75, 3.05) is 26.2 Å². The van der Waals surface area contributed by atoms with E-state index >= 15 is 0 Å². The molecule has 0 unspecified atom stereocenters. The van der Waals surface area contributed by atoms with Gasteiger partial charge in [-0.05, 0) is 48.9 Å². The van der Waals surface area contributed by atoms with E-state index in [-0.39, 0.29) is 6.10 Å². The molecule has 7 heteroatoms. The quantitative estimate of drug-likeness (QED) is 0.690. The van der Waals surface area contributed by atoms with E-state index in [0.717, 1.165) is 48.8 Å². The van der Waals surface area contributed by atoms with Gasteiger partial charge in [-0.3, -0.25) is 0 Å². The molecule has 0 N–H and O–H groups in total. The van der Waals surface area contributed by atoms with Crippen LogP contribution in [0.2, 0.25) is 0 Å². The molecule has 1 fully saturated rings. The zero-order chi connectivity index (χ0) is 20.4. The molecule has 2 aromatic rings. The van der Waals surface area contributed by atoms with Crippen LogP contribution in [0.15, 0.2) is 41.3 Å². The van der Waals surface area contributed by atoms with Crippen LogP contribution in [0, 0.1) is 5.92 Å². The Kier molecular flexibility index (Phi) is 6.30. The van der Waals surface area contributed by atoms with E-state index < -0.39 is 10.0 Å². The Morgan fingerprint density at radius 3 is 2.55 bits per heavy atom. The molecular weight excluding hydrogens is 404 g/mol. The molecule has 2 aliphatic heterocycles. The summed E-state index contributed by atoms with van der Waals surface area (Å²) in [5, 5.41) is 0.941. The van der Waals surface area contributed by atoms with E-state index in [9.17, 15) is 8.42 Å². The number of fused-ring (bicyclic) bond motifs is 1. The number of hydrogen-bond donors (Lipinski definition) is 0. The van der Waals surface area contributed by atoms with E-state index in [1.54, 1.807) is 39.9 Å². The summed E-state index contributed by atoms with van der Waals surface area (Å²) in [4.78, 5) is 4.00. The average molecular weight is 435 g/mol. The van der Waals surface area contributed by atoms with Gasteiger partial charge in [0, 0.05) is 37.6 Å². The van der Waals surface area contributed by atoms with Crippen molar-refractivity contribution in [1.82, 2.24) is 9.21 Å². The highest BCUT2D eigenvalue weighted by molar-refractivity contribution is 7.89. The van der Waals surface area contributed by atoms with Crippen LogP contribution < -0.4 is 4.74 Å². The molecule has 29 heavy (non-hydrogen) atoms. The van der Waals surface area contributed by atoms with Gasteiger partial charge in [0.1, 0.15) is 6.10 Å². The van der Waals surface area contributed by atoms with Crippen molar-refractivity contribution in [2.24, 2.45) is 5.92 Å². The number of benzene rings is 1. The van der Waals surface area contributed by atoms with Gasteiger partial charge in [0.05, 0.1) is 4.90 Å². The summed E-state index contributed by atoms with van der Waals surface area (Å²) in [6.45, 7) is 8.83. The van der Waals surface area contributed by atoms with Crippen LogP contribution in [0.5, 0.6) is 5.06 Å². The summed E-state index contributed by atoms with van der Waals surface area (Å²) in [7, 11) is -3.45. The third-order valence-corrected chi connectivity index (χ3v) is 8.56. The van der Waals surface area contributed by atoms with Crippen molar-refractivity contribution in [3.63, 3.8) is 0 Å². The number of likely N-dealkylation sites (tertiary alicyclic amines) is 1. The normalized spacial score (nSPS) is 19.4. The van der Waals surface area contributed by atoms with Gasteiger partial charge in [0.2, 0.25) is 10.0 Å². The lowest BCUT2D eigenvalue weighted by molar-refractivity contribution is 0.0969. The lowest BCUT2D eigenvalue weighted by Crippen LogP contribution is -2.39. The minimum atomic E-state index is -3.45. The Bertz CT molecular complexity index is 917. The van der Waals surface area contributed by atoms with Crippen molar-refractivity contribution in [1.29, 1.82) is 0 Å². The van der Waals surface area contributed by atoms with E-state index in [4.69, 9.17) is 4.74 Å². The maximum atomic E-state index is 12.9. The Hall–Kier alpha value is -1.41. The first-order valence-corrected chi connectivity index (χ1v) is 12.7. The molecule has 3 heterocycles. The number of piperidine rings is 1. The standard InChI is InChI=1S/C22H30N2O3S2/c1-17(2)15-23-11-9-19(10-12-23)27-22-14-18-8-13-24(16-21(18)28-22)29(25,26)20-6-4-3-5-7-20/h3-7,14,17,19H,8-13,15-16H2,1-2H3. The van der Waals surface area contributed by atoms with Crippen LogP contribution >= 0.6 is 11.3 Å². The number of ether oxygens (including phenoxy) is 1. The lowest BCUT2D eigenvalue weighted by Gasteiger charge is -2.32. The maximum Gasteiger partial charge on any atom is 0.243 e. The smallest absolute Gasteiger partial charge is 0.243 e. The van der Waals surface area contributed by atoms with Crippen LogP contribution in [0.1, 0.15) is 37.1 Å². The first-order valence-electron chi connectivity index (χ1n) is 10.5. The van der Waals surface area contributed by atoms with Crippen molar-refractivity contribution >= 4 is 21.4 Å². The molecule has 5 nitrogen and oxygen atoms in total. The Balaban J connectivity index is 1.38. The number of sulfonamides is 1. The number of hydrogen-bond acceptors (Lipinski definition) is 5. The minimum absolute atomic E-state index is 0.266. The summed E-state index contributed by atoms with van der Waals surface area (Å²) in [5.74, 6) is 0.701. The average Bonchev–Trinajstić information content (AvgIpc) is 3.11. The summed E-state index contributed by atoms with van der Waals surface area (Å²) < 4.78 is 33.7.